The molecule has 2 atom stereocenters. The van der Waals surface area contributed by atoms with Gasteiger partial charge in [0, 0.05) is 5.75 Å². The molecule has 1 amide bonds. The van der Waals surface area contributed by atoms with E-state index in [0.717, 1.165) is 0 Å². The molecule has 0 spiro atoms. The van der Waals surface area contributed by atoms with Crippen molar-refractivity contribution in [2.45, 2.75) is 38.5 Å². The van der Waals surface area contributed by atoms with Crippen LogP contribution in [0, 0.1) is 11.3 Å². The average Bonchev–Trinajstić information content (AvgIpc) is 2.13. The highest BCUT2D eigenvalue weighted by atomic mass is 32.2. The highest BCUT2D eigenvalue weighted by Crippen LogP contribution is 2.08. The molecule has 92 valence electrons. The van der Waals surface area contributed by atoms with Gasteiger partial charge in [0.15, 0.2) is 6.10 Å². The number of amides is 1. The van der Waals surface area contributed by atoms with Crippen LogP contribution < -0.4 is 5.32 Å². The first-order valence-corrected chi connectivity index (χ1v) is 6.25. The molecule has 0 radical (unpaired) electrons. The molecule has 0 rings (SSSR count). The monoisotopic (exact) mass is 246 g/mol. The average molecular weight is 246 g/mol. The molecule has 0 aromatic carbocycles. The number of aliphatic hydroxyl groups is 1. The van der Waals surface area contributed by atoms with Crippen molar-refractivity contribution in [1.29, 1.82) is 5.26 Å². The Bertz CT molecular complexity index is 270. The molecule has 16 heavy (non-hydrogen) atoms. The number of nitrogens with zero attached hydrogens (tertiary/aromatic N) is 1. The smallest absolute Gasteiger partial charge is 0.408 e. The summed E-state index contributed by atoms with van der Waals surface area (Å²) < 4.78 is 5.03. The van der Waals surface area contributed by atoms with Crippen LogP contribution in [0.4, 0.5) is 4.79 Å². The van der Waals surface area contributed by atoms with E-state index in [-0.39, 0.29) is 0 Å². The Morgan fingerprint density at radius 1 is 1.62 bits per heavy atom. The predicted octanol–water partition coefficient (Wildman–Crippen LogP) is 1.13. The van der Waals surface area contributed by atoms with Gasteiger partial charge >= 0.3 is 6.09 Å². The van der Waals surface area contributed by atoms with Crippen molar-refractivity contribution in [3.63, 3.8) is 0 Å². The molecule has 0 aliphatic carbocycles. The Hall–Kier alpha value is -0.930. The molecule has 6 heteroatoms. The van der Waals surface area contributed by atoms with Gasteiger partial charge in [0.25, 0.3) is 0 Å². The predicted molar refractivity (Wildman–Crippen MR) is 63.2 cm³/mol. The van der Waals surface area contributed by atoms with Gasteiger partial charge in [-0.05, 0) is 27.0 Å². The molecule has 2 N–H and O–H groups in total. The van der Waals surface area contributed by atoms with Crippen molar-refractivity contribution in [2.24, 2.45) is 0 Å². The molecule has 0 heterocycles. The van der Waals surface area contributed by atoms with Gasteiger partial charge in [0.2, 0.25) is 0 Å². The zero-order valence-electron chi connectivity index (χ0n) is 9.98. The van der Waals surface area contributed by atoms with Crippen LogP contribution in [-0.4, -0.2) is 41.0 Å². The van der Waals surface area contributed by atoms with Gasteiger partial charge in [0.1, 0.15) is 5.60 Å². The van der Waals surface area contributed by atoms with Crippen LogP contribution in [-0.2, 0) is 4.74 Å². The standard InChI is InChI=1S/C10H18N2O3S/c1-10(2,3)15-9(14)12-7(6-16-4)8(13)5-11/h7-8,13H,6H2,1-4H3,(H,12,14)/t7-,8?/m0/s1. The van der Waals surface area contributed by atoms with Gasteiger partial charge in [-0.15, -0.1) is 0 Å². The lowest BCUT2D eigenvalue weighted by Gasteiger charge is -2.23. The summed E-state index contributed by atoms with van der Waals surface area (Å²) in [7, 11) is 0. The fraction of sp³-hybridized carbons (Fsp3) is 0.800. The normalized spacial score (nSPS) is 14.8. The largest absolute Gasteiger partial charge is 0.444 e. The zero-order valence-corrected chi connectivity index (χ0v) is 10.8. The Labute approximate surface area is 100 Å². The molecule has 0 aliphatic rings. The van der Waals surface area contributed by atoms with Crippen LogP contribution in [0.5, 0.6) is 0 Å². The second kappa shape index (κ2) is 6.61. The first kappa shape index (κ1) is 15.1. The summed E-state index contributed by atoms with van der Waals surface area (Å²) in [6.45, 7) is 5.24. The van der Waals surface area contributed by atoms with Crippen LogP contribution in [0.15, 0.2) is 0 Å². The van der Waals surface area contributed by atoms with Crippen molar-refractivity contribution in [1.82, 2.24) is 5.32 Å². The van der Waals surface area contributed by atoms with Gasteiger partial charge in [0.05, 0.1) is 12.1 Å². The highest BCUT2D eigenvalue weighted by Gasteiger charge is 2.23. The lowest BCUT2D eigenvalue weighted by atomic mass is 10.2. The molecule has 1 unspecified atom stereocenters. The minimum Gasteiger partial charge on any atom is -0.444 e. The maximum absolute atomic E-state index is 11.4. The zero-order chi connectivity index (χ0) is 12.8. The molecular formula is C10H18N2O3S. The third-order valence-corrected chi connectivity index (χ3v) is 2.25. The van der Waals surface area contributed by atoms with E-state index >= 15 is 0 Å². The number of ether oxygens (including phenoxy) is 1. The third kappa shape index (κ3) is 6.53. The van der Waals surface area contributed by atoms with Crippen molar-refractivity contribution in [3.8, 4) is 6.07 Å². The summed E-state index contributed by atoms with van der Waals surface area (Å²) in [5.74, 6) is 0.452. The maximum Gasteiger partial charge on any atom is 0.408 e. The second-order valence-electron chi connectivity index (χ2n) is 4.28. The van der Waals surface area contributed by atoms with Gasteiger partial charge in [-0.2, -0.15) is 17.0 Å². The maximum atomic E-state index is 11.4. The summed E-state index contributed by atoms with van der Waals surface area (Å²) in [5, 5.41) is 20.4. The van der Waals surface area contributed by atoms with Gasteiger partial charge < -0.3 is 15.2 Å². The van der Waals surface area contributed by atoms with E-state index in [9.17, 15) is 9.90 Å². The number of alkyl carbamates (subject to hydrolysis) is 1. The molecule has 0 saturated carbocycles. The Morgan fingerprint density at radius 3 is 2.56 bits per heavy atom. The van der Waals surface area contributed by atoms with Crippen molar-refractivity contribution in [3.05, 3.63) is 0 Å². The number of carbonyl (C=O) groups is 1. The number of nitrogens with one attached hydrogen (secondary N) is 1. The minimum atomic E-state index is -1.22. The quantitative estimate of drug-likeness (QED) is 0.726. The van der Waals surface area contributed by atoms with Gasteiger partial charge in [-0.25, -0.2) is 4.79 Å². The summed E-state index contributed by atoms with van der Waals surface area (Å²) >= 11 is 1.43. The SMILES string of the molecule is CSC[C@H](NC(=O)OC(C)(C)C)C(O)C#N. The Morgan fingerprint density at radius 2 is 2.19 bits per heavy atom. The summed E-state index contributed by atoms with van der Waals surface area (Å²) in [5.41, 5.74) is -0.592. The second-order valence-corrected chi connectivity index (χ2v) is 5.19. The van der Waals surface area contributed by atoms with E-state index in [1.165, 1.54) is 11.8 Å². The molecule has 0 bridgehead atoms. The van der Waals surface area contributed by atoms with E-state index in [4.69, 9.17) is 10.00 Å². The molecule has 5 nitrogen and oxygen atoms in total. The number of nitriles is 1. The molecule has 0 fully saturated rings. The van der Waals surface area contributed by atoms with Gasteiger partial charge in [-0.1, -0.05) is 0 Å². The van der Waals surface area contributed by atoms with Crippen LogP contribution in [0.25, 0.3) is 0 Å². The molecule has 0 aromatic rings. The number of thioether (sulfide) groups is 1. The lowest BCUT2D eigenvalue weighted by molar-refractivity contribution is 0.0470. The van der Waals surface area contributed by atoms with Crippen LogP contribution in [0.2, 0.25) is 0 Å². The minimum absolute atomic E-state index is 0.452. The van der Waals surface area contributed by atoms with E-state index < -0.39 is 23.8 Å². The van der Waals surface area contributed by atoms with E-state index in [1.807, 2.05) is 6.26 Å². The molecular weight excluding hydrogens is 228 g/mol. The summed E-state index contributed by atoms with van der Waals surface area (Å²) in [4.78, 5) is 11.4. The summed E-state index contributed by atoms with van der Waals surface area (Å²) in [6.07, 6.45) is -0.0192. The van der Waals surface area contributed by atoms with Crippen molar-refractivity contribution in [2.75, 3.05) is 12.0 Å². The first-order valence-electron chi connectivity index (χ1n) is 4.86. The van der Waals surface area contributed by atoms with E-state index in [1.54, 1.807) is 26.8 Å². The highest BCUT2D eigenvalue weighted by molar-refractivity contribution is 7.98. The van der Waals surface area contributed by atoms with Crippen LogP contribution in [0.1, 0.15) is 20.8 Å². The fourth-order valence-corrected chi connectivity index (χ4v) is 1.56. The van der Waals surface area contributed by atoms with Crippen LogP contribution >= 0.6 is 11.8 Å². The van der Waals surface area contributed by atoms with E-state index in [0.29, 0.717) is 5.75 Å². The Kier molecular flexibility index (Phi) is 6.22. The van der Waals surface area contributed by atoms with Crippen LogP contribution in [0.3, 0.4) is 0 Å². The first-order chi connectivity index (χ1) is 7.30. The van der Waals surface area contributed by atoms with Crippen molar-refractivity contribution >= 4 is 17.9 Å². The number of hydrogen-bond donors (Lipinski definition) is 2. The lowest BCUT2D eigenvalue weighted by Crippen LogP contribution is -2.46. The molecule has 0 aromatic heterocycles. The number of aliphatic hydroxyl groups excluding tert-OH is 1. The molecule has 0 aliphatic heterocycles. The number of hydrogen-bond acceptors (Lipinski definition) is 5. The fourth-order valence-electron chi connectivity index (χ4n) is 0.940. The summed E-state index contributed by atoms with van der Waals surface area (Å²) in [6, 6.07) is 1.07. The number of rotatable bonds is 4. The Balaban J connectivity index is 4.30. The van der Waals surface area contributed by atoms with Crippen molar-refractivity contribution < 1.29 is 14.6 Å². The third-order valence-electron chi connectivity index (χ3n) is 1.56. The van der Waals surface area contributed by atoms with Gasteiger partial charge in [-0.3, -0.25) is 0 Å². The topological polar surface area (TPSA) is 82.3 Å². The number of carbonyl (C=O) groups excluding carboxylic acids is 1. The van der Waals surface area contributed by atoms with E-state index in [2.05, 4.69) is 5.32 Å². The molecule has 0 saturated heterocycles.